The highest BCUT2D eigenvalue weighted by Crippen LogP contribution is 2.29. The number of unbranched alkanes of at least 4 members (excludes halogenated alkanes) is 2. The third-order valence-corrected chi connectivity index (χ3v) is 5.80. The van der Waals surface area contributed by atoms with Crippen LogP contribution in [-0.4, -0.2) is 49.7 Å². The van der Waals surface area contributed by atoms with E-state index in [1.807, 2.05) is 51.4 Å². The van der Waals surface area contributed by atoms with E-state index in [1.165, 1.54) is 16.7 Å². The van der Waals surface area contributed by atoms with Crippen molar-refractivity contribution in [1.29, 1.82) is 0 Å². The van der Waals surface area contributed by atoms with Gasteiger partial charge < -0.3 is 19.3 Å². The Bertz CT molecular complexity index is 1090. The quantitative estimate of drug-likeness (QED) is 0.105. The fraction of sp³-hybridized carbons (Fsp3) is 0.441. The van der Waals surface area contributed by atoms with Crippen molar-refractivity contribution in [3.63, 3.8) is 0 Å². The summed E-state index contributed by atoms with van der Waals surface area (Å²) in [6.07, 6.45) is 13.3. The monoisotopic (exact) mass is 533 g/mol. The number of ether oxygens (including phenoxy) is 3. The lowest BCUT2D eigenvalue weighted by atomic mass is 9.94. The Morgan fingerprint density at radius 3 is 2.26 bits per heavy atom. The minimum atomic E-state index is 0.230. The minimum Gasteiger partial charge on any atom is -0.482 e. The topological polar surface area (TPSA) is 60.8 Å². The van der Waals surface area contributed by atoms with Gasteiger partial charge in [-0.2, -0.15) is 0 Å². The molecule has 1 aromatic heterocycles. The predicted octanol–water partition coefficient (Wildman–Crippen LogP) is 7.47. The molecule has 212 valence electrons. The Hall–Kier alpha value is -3.17. The van der Waals surface area contributed by atoms with E-state index in [4.69, 9.17) is 19.3 Å². The molecule has 0 aliphatic heterocycles. The SMILES string of the molecule is C=C(/C=C\C(=C/C)c1ccc(-c2cnccc2C)c(C)c1)OCC#CCOCCCCOCCCCO.CC. The van der Waals surface area contributed by atoms with Gasteiger partial charge in [0.15, 0.2) is 0 Å². The highest BCUT2D eigenvalue weighted by molar-refractivity contribution is 5.78. The molecule has 0 spiro atoms. The smallest absolute Gasteiger partial charge is 0.149 e. The number of aryl methyl sites for hydroxylation is 2. The van der Waals surface area contributed by atoms with Crippen LogP contribution in [0.2, 0.25) is 0 Å². The molecule has 1 heterocycles. The molecule has 0 atom stereocenters. The summed E-state index contributed by atoms with van der Waals surface area (Å²) in [6, 6.07) is 8.52. The van der Waals surface area contributed by atoms with E-state index in [0.29, 0.717) is 25.6 Å². The molecule has 0 unspecified atom stereocenters. The van der Waals surface area contributed by atoms with Gasteiger partial charge in [0.25, 0.3) is 0 Å². The van der Waals surface area contributed by atoms with E-state index < -0.39 is 0 Å². The number of benzene rings is 1. The van der Waals surface area contributed by atoms with Crippen LogP contribution < -0.4 is 0 Å². The second-order valence-corrected chi connectivity index (χ2v) is 8.71. The molecular weight excluding hydrogens is 486 g/mol. The zero-order chi connectivity index (χ0) is 28.7. The van der Waals surface area contributed by atoms with Crippen LogP contribution in [0.1, 0.15) is 63.1 Å². The van der Waals surface area contributed by atoms with Crippen LogP contribution in [0.25, 0.3) is 16.7 Å². The first-order chi connectivity index (χ1) is 19.1. The van der Waals surface area contributed by atoms with Crippen molar-refractivity contribution < 1.29 is 19.3 Å². The lowest BCUT2D eigenvalue weighted by molar-refractivity contribution is 0.108. The number of nitrogens with zero attached hydrogens (tertiary/aromatic N) is 1. The molecule has 0 radical (unpaired) electrons. The number of aliphatic hydroxyl groups is 1. The fourth-order valence-corrected chi connectivity index (χ4v) is 3.66. The number of hydrogen-bond donors (Lipinski definition) is 1. The molecule has 0 aliphatic carbocycles. The summed E-state index contributed by atoms with van der Waals surface area (Å²) in [5, 5.41) is 8.71. The van der Waals surface area contributed by atoms with E-state index in [1.54, 1.807) is 0 Å². The second-order valence-electron chi connectivity index (χ2n) is 8.71. The van der Waals surface area contributed by atoms with Crippen LogP contribution in [0.5, 0.6) is 0 Å². The number of aliphatic hydroxyl groups excluding tert-OH is 1. The summed E-state index contributed by atoms with van der Waals surface area (Å²) in [5.41, 5.74) is 7.01. The van der Waals surface area contributed by atoms with Gasteiger partial charge in [-0.15, -0.1) is 0 Å². The van der Waals surface area contributed by atoms with Crippen molar-refractivity contribution in [3.05, 3.63) is 83.9 Å². The molecule has 5 heteroatoms. The Labute approximate surface area is 236 Å². The first kappa shape index (κ1) is 33.9. The molecule has 0 amide bonds. The normalized spacial score (nSPS) is 11.0. The molecular formula is C34H47NO4. The predicted molar refractivity (Wildman–Crippen MR) is 163 cm³/mol. The maximum Gasteiger partial charge on any atom is 0.149 e. The number of pyridine rings is 1. The average Bonchev–Trinajstić information content (AvgIpc) is 2.95. The summed E-state index contributed by atoms with van der Waals surface area (Å²) < 4.78 is 16.6. The summed E-state index contributed by atoms with van der Waals surface area (Å²) in [4.78, 5) is 4.28. The highest BCUT2D eigenvalue weighted by Gasteiger charge is 2.07. The number of allylic oxidation sites excluding steroid dienone is 4. The molecule has 5 nitrogen and oxygen atoms in total. The van der Waals surface area contributed by atoms with Crippen LogP contribution in [0, 0.1) is 25.7 Å². The fourth-order valence-electron chi connectivity index (χ4n) is 3.66. The van der Waals surface area contributed by atoms with Crippen molar-refractivity contribution >= 4 is 5.57 Å². The van der Waals surface area contributed by atoms with Gasteiger partial charge in [-0.05, 0) is 86.4 Å². The van der Waals surface area contributed by atoms with Gasteiger partial charge in [-0.3, -0.25) is 4.98 Å². The first-order valence-electron chi connectivity index (χ1n) is 14.0. The Balaban J connectivity index is 0.00000371. The molecule has 0 aliphatic rings. The van der Waals surface area contributed by atoms with Crippen LogP contribution in [-0.2, 0) is 14.2 Å². The van der Waals surface area contributed by atoms with E-state index in [9.17, 15) is 0 Å². The van der Waals surface area contributed by atoms with Crippen LogP contribution in [0.4, 0.5) is 0 Å². The zero-order valence-electron chi connectivity index (χ0n) is 24.6. The van der Waals surface area contributed by atoms with Crippen LogP contribution in [0.3, 0.4) is 0 Å². The summed E-state index contributed by atoms with van der Waals surface area (Å²) >= 11 is 0. The van der Waals surface area contributed by atoms with Gasteiger partial charge in [0.05, 0.1) is 0 Å². The van der Waals surface area contributed by atoms with E-state index in [-0.39, 0.29) is 13.2 Å². The first-order valence-corrected chi connectivity index (χ1v) is 14.0. The molecule has 1 N–H and O–H groups in total. The van der Waals surface area contributed by atoms with E-state index in [0.717, 1.165) is 49.0 Å². The molecule has 0 saturated heterocycles. The molecule has 1 aromatic carbocycles. The van der Waals surface area contributed by atoms with Crippen molar-refractivity contribution in [2.45, 2.75) is 60.3 Å². The number of hydrogen-bond acceptors (Lipinski definition) is 5. The summed E-state index contributed by atoms with van der Waals surface area (Å²) in [5.74, 6) is 6.48. The average molecular weight is 534 g/mol. The third kappa shape index (κ3) is 14.0. The van der Waals surface area contributed by atoms with E-state index in [2.05, 4.69) is 61.5 Å². The van der Waals surface area contributed by atoms with Gasteiger partial charge in [-0.25, -0.2) is 0 Å². The summed E-state index contributed by atoms with van der Waals surface area (Å²) in [6.45, 7) is 17.2. The molecule has 0 bridgehead atoms. The maximum atomic E-state index is 8.71. The lowest BCUT2D eigenvalue weighted by Gasteiger charge is -2.11. The van der Waals surface area contributed by atoms with Gasteiger partial charge >= 0.3 is 0 Å². The Morgan fingerprint density at radius 2 is 1.59 bits per heavy atom. The molecule has 2 rings (SSSR count). The molecule has 39 heavy (non-hydrogen) atoms. The Kier molecular flexibility index (Phi) is 18.9. The largest absolute Gasteiger partial charge is 0.482 e. The van der Waals surface area contributed by atoms with Crippen molar-refractivity contribution in [1.82, 2.24) is 4.98 Å². The molecule has 2 aromatic rings. The van der Waals surface area contributed by atoms with Gasteiger partial charge in [0, 0.05) is 44.4 Å². The number of rotatable bonds is 16. The van der Waals surface area contributed by atoms with Gasteiger partial charge in [-0.1, -0.05) is 62.6 Å². The zero-order valence-corrected chi connectivity index (χ0v) is 24.6. The van der Waals surface area contributed by atoms with Gasteiger partial charge in [0.1, 0.15) is 19.0 Å². The standard InChI is InChI=1S/C32H41NO4.C2H6/c1-5-29(30-14-15-31(27(3)24-30)32-25-33-17-16-26(32)2)13-12-28(4)37-23-11-10-22-36-21-9-8-20-35-19-7-6-18-34;1-2/h5,12-17,24-25,34H,4,6-9,18-23H2,1-3H3;1-2H3/b13-12-,29-5+;. The lowest BCUT2D eigenvalue weighted by Crippen LogP contribution is -2.01. The van der Waals surface area contributed by atoms with E-state index >= 15 is 0 Å². The maximum absolute atomic E-state index is 8.71. The Morgan fingerprint density at radius 1 is 0.897 bits per heavy atom. The van der Waals surface area contributed by atoms with Crippen LogP contribution >= 0.6 is 0 Å². The van der Waals surface area contributed by atoms with Crippen molar-refractivity contribution in [3.8, 4) is 23.0 Å². The number of aromatic nitrogens is 1. The van der Waals surface area contributed by atoms with Crippen molar-refractivity contribution in [2.24, 2.45) is 0 Å². The minimum absolute atomic E-state index is 0.230. The van der Waals surface area contributed by atoms with Crippen LogP contribution in [0.15, 0.2) is 67.2 Å². The highest BCUT2D eigenvalue weighted by atomic mass is 16.5. The van der Waals surface area contributed by atoms with Gasteiger partial charge in [0.2, 0.25) is 0 Å². The second kappa shape index (κ2) is 21.7. The molecule has 0 fully saturated rings. The van der Waals surface area contributed by atoms with Crippen molar-refractivity contribution in [2.75, 3.05) is 39.6 Å². The molecule has 0 saturated carbocycles. The summed E-state index contributed by atoms with van der Waals surface area (Å²) in [7, 11) is 0. The third-order valence-electron chi connectivity index (χ3n) is 5.80.